The molecule has 0 bridgehead atoms. The summed E-state index contributed by atoms with van der Waals surface area (Å²) in [6.07, 6.45) is 7.72. The third-order valence-electron chi connectivity index (χ3n) is 1.50. The Labute approximate surface area is 81.0 Å². The van der Waals surface area contributed by atoms with Gasteiger partial charge in [0.15, 0.2) is 0 Å². The number of ether oxygens (including phenoxy) is 1. The molecule has 0 aromatic rings. The normalized spacial score (nSPS) is 11.1. The largest absolute Gasteiger partial charge is 0.463 e. The number of esters is 1. The molecule has 2 nitrogen and oxygen atoms in total. The quantitative estimate of drug-likeness (QED) is 0.468. The van der Waals surface area contributed by atoms with Gasteiger partial charge in [-0.1, -0.05) is 25.5 Å². The van der Waals surface area contributed by atoms with Gasteiger partial charge >= 0.3 is 5.97 Å². The molecule has 0 aliphatic heterocycles. The standard InChI is InChI=1S/C11H20O2/c1-4-5-6-7-8-9-11(12)13-10(2)3/h6-7,10H,4-5,8-9H2,1-3H3. The van der Waals surface area contributed by atoms with E-state index in [0.717, 1.165) is 19.3 Å². The number of hydrogen-bond acceptors (Lipinski definition) is 2. The second kappa shape index (κ2) is 7.84. The molecule has 0 saturated heterocycles. The van der Waals surface area contributed by atoms with Gasteiger partial charge in [-0.15, -0.1) is 0 Å². The molecule has 0 aromatic heterocycles. The minimum Gasteiger partial charge on any atom is -0.463 e. The second-order valence-electron chi connectivity index (χ2n) is 3.34. The molecule has 0 spiro atoms. The van der Waals surface area contributed by atoms with Crippen molar-refractivity contribution in [3.8, 4) is 0 Å². The van der Waals surface area contributed by atoms with E-state index in [9.17, 15) is 4.79 Å². The lowest BCUT2D eigenvalue weighted by molar-refractivity contribution is -0.147. The van der Waals surface area contributed by atoms with Crippen molar-refractivity contribution < 1.29 is 9.53 Å². The summed E-state index contributed by atoms with van der Waals surface area (Å²) >= 11 is 0. The van der Waals surface area contributed by atoms with Crippen LogP contribution in [0.2, 0.25) is 0 Å². The molecular weight excluding hydrogens is 164 g/mol. The molecule has 0 aliphatic rings. The lowest BCUT2D eigenvalue weighted by Crippen LogP contribution is -2.10. The van der Waals surface area contributed by atoms with E-state index in [2.05, 4.69) is 13.0 Å². The van der Waals surface area contributed by atoms with Crippen LogP contribution in [0.1, 0.15) is 46.5 Å². The fourth-order valence-corrected chi connectivity index (χ4v) is 0.925. The van der Waals surface area contributed by atoms with E-state index in [1.165, 1.54) is 0 Å². The molecule has 0 heterocycles. The van der Waals surface area contributed by atoms with Gasteiger partial charge in [0.05, 0.1) is 6.10 Å². The van der Waals surface area contributed by atoms with Crippen molar-refractivity contribution in [2.45, 2.75) is 52.6 Å². The lowest BCUT2D eigenvalue weighted by Gasteiger charge is -2.05. The van der Waals surface area contributed by atoms with Crippen LogP contribution >= 0.6 is 0 Å². The molecular formula is C11H20O2. The number of carbonyl (C=O) groups is 1. The van der Waals surface area contributed by atoms with Crippen molar-refractivity contribution in [3.63, 3.8) is 0 Å². The minimum atomic E-state index is -0.101. The van der Waals surface area contributed by atoms with Crippen LogP contribution in [0.25, 0.3) is 0 Å². The molecule has 0 radical (unpaired) electrons. The second-order valence-corrected chi connectivity index (χ2v) is 3.34. The molecule has 76 valence electrons. The van der Waals surface area contributed by atoms with Crippen molar-refractivity contribution in [2.24, 2.45) is 0 Å². The molecule has 0 rings (SSSR count). The highest BCUT2D eigenvalue weighted by molar-refractivity contribution is 5.69. The van der Waals surface area contributed by atoms with Crippen LogP contribution in [0.15, 0.2) is 12.2 Å². The third-order valence-corrected chi connectivity index (χ3v) is 1.50. The van der Waals surface area contributed by atoms with E-state index < -0.39 is 0 Å². The zero-order chi connectivity index (χ0) is 10.1. The molecule has 0 atom stereocenters. The maximum Gasteiger partial charge on any atom is 0.306 e. The molecule has 0 aliphatic carbocycles. The van der Waals surface area contributed by atoms with Gasteiger partial charge in [0, 0.05) is 6.42 Å². The van der Waals surface area contributed by atoms with E-state index in [1.807, 2.05) is 19.9 Å². The summed E-state index contributed by atoms with van der Waals surface area (Å²) in [6.45, 7) is 5.87. The number of unbranched alkanes of at least 4 members (excludes halogenated alkanes) is 1. The fraction of sp³-hybridized carbons (Fsp3) is 0.727. The monoisotopic (exact) mass is 184 g/mol. The van der Waals surface area contributed by atoms with Crippen molar-refractivity contribution >= 4 is 5.97 Å². The minimum absolute atomic E-state index is 0.00659. The van der Waals surface area contributed by atoms with E-state index in [1.54, 1.807) is 0 Å². The Kier molecular flexibility index (Phi) is 7.36. The first kappa shape index (κ1) is 12.2. The summed E-state index contributed by atoms with van der Waals surface area (Å²) in [5.74, 6) is -0.101. The predicted molar refractivity (Wildman–Crippen MR) is 54.5 cm³/mol. The highest BCUT2D eigenvalue weighted by Crippen LogP contribution is 1.99. The Morgan fingerprint density at radius 3 is 2.46 bits per heavy atom. The van der Waals surface area contributed by atoms with Gasteiger partial charge in [-0.3, -0.25) is 4.79 Å². The summed E-state index contributed by atoms with van der Waals surface area (Å²) in [5.41, 5.74) is 0. The molecule has 0 saturated carbocycles. The molecule has 13 heavy (non-hydrogen) atoms. The van der Waals surface area contributed by atoms with E-state index in [-0.39, 0.29) is 12.1 Å². The van der Waals surface area contributed by atoms with Gasteiger partial charge in [-0.2, -0.15) is 0 Å². The van der Waals surface area contributed by atoms with E-state index >= 15 is 0 Å². The first-order chi connectivity index (χ1) is 6.16. The molecule has 2 heteroatoms. The fourth-order valence-electron chi connectivity index (χ4n) is 0.925. The lowest BCUT2D eigenvalue weighted by atomic mass is 10.2. The van der Waals surface area contributed by atoms with Crippen LogP contribution < -0.4 is 0 Å². The Morgan fingerprint density at radius 1 is 1.31 bits per heavy atom. The van der Waals surface area contributed by atoms with Gasteiger partial charge in [0.25, 0.3) is 0 Å². The highest BCUT2D eigenvalue weighted by Gasteiger charge is 2.02. The van der Waals surface area contributed by atoms with Gasteiger partial charge in [0.1, 0.15) is 0 Å². The summed E-state index contributed by atoms with van der Waals surface area (Å²) in [5, 5.41) is 0. The Bertz CT molecular complexity index is 159. The molecule has 0 fully saturated rings. The topological polar surface area (TPSA) is 26.3 Å². The summed E-state index contributed by atoms with van der Waals surface area (Å²) in [4.78, 5) is 11.0. The first-order valence-electron chi connectivity index (χ1n) is 5.01. The van der Waals surface area contributed by atoms with Gasteiger partial charge < -0.3 is 4.74 Å². The van der Waals surface area contributed by atoms with Crippen LogP contribution in [0, 0.1) is 0 Å². The zero-order valence-electron chi connectivity index (χ0n) is 8.88. The van der Waals surface area contributed by atoms with Crippen LogP contribution in [-0.4, -0.2) is 12.1 Å². The van der Waals surface area contributed by atoms with E-state index in [4.69, 9.17) is 4.74 Å². The van der Waals surface area contributed by atoms with Crippen LogP contribution in [0.3, 0.4) is 0 Å². The summed E-state index contributed by atoms with van der Waals surface area (Å²) in [6, 6.07) is 0. The van der Waals surface area contributed by atoms with Crippen LogP contribution in [-0.2, 0) is 9.53 Å². The third kappa shape index (κ3) is 9.12. The van der Waals surface area contributed by atoms with Crippen LogP contribution in [0.4, 0.5) is 0 Å². The Hall–Kier alpha value is -0.790. The van der Waals surface area contributed by atoms with Crippen molar-refractivity contribution in [2.75, 3.05) is 0 Å². The summed E-state index contributed by atoms with van der Waals surface area (Å²) < 4.78 is 4.98. The summed E-state index contributed by atoms with van der Waals surface area (Å²) in [7, 11) is 0. The van der Waals surface area contributed by atoms with Crippen LogP contribution in [0.5, 0.6) is 0 Å². The predicted octanol–water partition coefficient (Wildman–Crippen LogP) is 3.07. The van der Waals surface area contributed by atoms with Gasteiger partial charge in [0.2, 0.25) is 0 Å². The van der Waals surface area contributed by atoms with Crippen molar-refractivity contribution in [3.05, 3.63) is 12.2 Å². The maximum absolute atomic E-state index is 11.0. The number of rotatable bonds is 6. The maximum atomic E-state index is 11.0. The number of hydrogen-bond donors (Lipinski definition) is 0. The highest BCUT2D eigenvalue weighted by atomic mass is 16.5. The molecule has 0 unspecified atom stereocenters. The van der Waals surface area contributed by atoms with Gasteiger partial charge in [-0.05, 0) is 26.7 Å². The average molecular weight is 184 g/mol. The SMILES string of the molecule is CCCC=CCCC(=O)OC(C)C. The Balaban J connectivity index is 3.36. The van der Waals surface area contributed by atoms with Crippen molar-refractivity contribution in [1.29, 1.82) is 0 Å². The molecule has 0 amide bonds. The molecule has 0 N–H and O–H groups in total. The molecule has 0 aromatic carbocycles. The first-order valence-corrected chi connectivity index (χ1v) is 5.01. The van der Waals surface area contributed by atoms with Crippen molar-refractivity contribution in [1.82, 2.24) is 0 Å². The van der Waals surface area contributed by atoms with Gasteiger partial charge in [-0.25, -0.2) is 0 Å². The zero-order valence-corrected chi connectivity index (χ0v) is 8.88. The van der Waals surface area contributed by atoms with E-state index in [0.29, 0.717) is 6.42 Å². The number of allylic oxidation sites excluding steroid dienone is 2. The average Bonchev–Trinajstić information content (AvgIpc) is 2.02. The smallest absolute Gasteiger partial charge is 0.306 e. The number of carbonyl (C=O) groups excluding carboxylic acids is 1. The Morgan fingerprint density at radius 2 is 1.92 bits per heavy atom.